The van der Waals surface area contributed by atoms with Gasteiger partial charge in [-0.3, -0.25) is 4.79 Å². The van der Waals surface area contributed by atoms with E-state index in [9.17, 15) is 4.79 Å². The average Bonchev–Trinajstić information content (AvgIpc) is 3.29. The van der Waals surface area contributed by atoms with Gasteiger partial charge in [0.25, 0.3) is 5.91 Å². The lowest BCUT2D eigenvalue weighted by Gasteiger charge is -2.21. The van der Waals surface area contributed by atoms with Gasteiger partial charge >= 0.3 is 0 Å². The molecule has 36 heavy (non-hydrogen) atoms. The highest BCUT2D eigenvalue weighted by Gasteiger charge is 2.18. The Bertz CT molecular complexity index is 1300. The van der Waals surface area contributed by atoms with Gasteiger partial charge in [0.1, 0.15) is 5.69 Å². The molecule has 0 aliphatic rings. The Hall–Kier alpha value is -3.74. The Morgan fingerprint density at radius 3 is 2.44 bits per heavy atom. The van der Waals surface area contributed by atoms with Crippen LogP contribution in [-0.4, -0.2) is 22.2 Å². The van der Waals surface area contributed by atoms with Crippen molar-refractivity contribution in [1.29, 1.82) is 0 Å². The van der Waals surface area contributed by atoms with Gasteiger partial charge in [-0.1, -0.05) is 68.4 Å². The Morgan fingerprint density at radius 1 is 0.944 bits per heavy atom. The van der Waals surface area contributed by atoms with Crippen molar-refractivity contribution in [2.45, 2.75) is 39.8 Å². The van der Waals surface area contributed by atoms with E-state index in [-0.39, 0.29) is 11.9 Å². The molecule has 0 radical (unpaired) electrons. The van der Waals surface area contributed by atoms with E-state index in [1.54, 1.807) is 10.7 Å². The first kappa shape index (κ1) is 25.4. The largest absolute Gasteiger partial charge is 0.326 e. The molecule has 1 aromatic heterocycles. The summed E-state index contributed by atoms with van der Waals surface area (Å²) in [5.41, 5.74) is 11.9. The molecule has 0 aliphatic carbocycles. The van der Waals surface area contributed by atoms with Crippen molar-refractivity contribution in [3.8, 4) is 5.69 Å². The number of aromatic nitrogens is 2. The Kier molecular flexibility index (Phi) is 8.31. The van der Waals surface area contributed by atoms with Gasteiger partial charge in [0.15, 0.2) is 0 Å². The van der Waals surface area contributed by atoms with E-state index in [0.717, 1.165) is 41.2 Å². The van der Waals surface area contributed by atoms with Gasteiger partial charge in [-0.2, -0.15) is 5.10 Å². The standard InChI is InChI=1S/C30H35N5O/c1-21(2)15-16-32-29(24-10-5-4-6-11-24)25-12-8-13-26(19-25)33-30(36)28-17-22(3)34-35(28)27-14-7-9-23(18-27)20-31/h4-14,17-19,21,29,32H,15-16,20,31H2,1-3H3,(H,33,36). The van der Waals surface area contributed by atoms with Crippen LogP contribution in [0.2, 0.25) is 0 Å². The first-order chi connectivity index (χ1) is 17.4. The summed E-state index contributed by atoms with van der Waals surface area (Å²) < 4.78 is 1.67. The van der Waals surface area contributed by atoms with E-state index in [0.29, 0.717) is 18.2 Å². The molecule has 1 unspecified atom stereocenters. The summed E-state index contributed by atoms with van der Waals surface area (Å²) >= 11 is 0. The Balaban J connectivity index is 1.59. The molecule has 1 atom stereocenters. The van der Waals surface area contributed by atoms with Crippen LogP contribution in [0, 0.1) is 12.8 Å². The number of nitrogens with two attached hydrogens (primary N) is 1. The van der Waals surface area contributed by atoms with E-state index >= 15 is 0 Å². The number of amides is 1. The molecule has 0 saturated carbocycles. The highest BCUT2D eigenvalue weighted by atomic mass is 16.2. The molecule has 0 fully saturated rings. The van der Waals surface area contributed by atoms with E-state index in [4.69, 9.17) is 5.73 Å². The summed E-state index contributed by atoms with van der Waals surface area (Å²) in [6, 6.07) is 28.1. The van der Waals surface area contributed by atoms with Crippen molar-refractivity contribution in [2.24, 2.45) is 11.7 Å². The number of benzene rings is 3. The van der Waals surface area contributed by atoms with Crippen LogP contribution in [0.25, 0.3) is 5.69 Å². The topological polar surface area (TPSA) is 85.0 Å². The number of hydrogen-bond acceptors (Lipinski definition) is 4. The molecule has 6 heteroatoms. The van der Waals surface area contributed by atoms with Crippen molar-refractivity contribution >= 4 is 11.6 Å². The molecule has 0 spiro atoms. The highest BCUT2D eigenvalue weighted by molar-refractivity contribution is 6.03. The quantitative estimate of drug-likeness (QED) is 0.275. The fourth-order valence-electron chi connectivity index (χ4n) is 4.25. The lowest BCUT2D eigenvalue weighted by Crippen LogP contribution is -2.24. The Labute approximate surface area is 213 Å². The van der Waals surface area contributed by atoms with E-state index in [1.807, 2.05) is 55.5 Å². The zero-order chi connectivity index (χ0) is 25.5. The maximum absolute atomic E-state index is 13.4. The normalized spacial score (nSPS) is 12.0. The smallest absolute Gasteiger partial charge is 0.274 e. The molecule has 3 aromatic carbocycles. The zero-order valence-electron chi connectivity index (χ0n) is 21.2. The van der Waals surface area contributed by atoms with Crippen molar-refractivity contribution in [3.63, 3.8) is 0 Å². The molecule has 6 nitrogen and oxygen atoms in total. The van der Waals surface area contributed by atoms with Crippen LogP contribution in [0.1, 0.15) is 59.2 Å². The molecular formula is C30H35N5O. The minimum Gasteiger partial charge on any atom is -0.326 e. The highest BCUT2D eigenvalue weighted by Crippen LogP contribution is 2.25. The van der Waals surface area contributed by atoms with Crippen LogP contribution in [0.15, 0.2) is 84.9 Å². The van der Waals surface area contributed by atoms with E-state index in [2.05, 4.69) is 59.9 Å². The van der Waals surface area contributed by atoms with Gasteiger partial charge in [-0.25, -0.2) is 4.68 Å². The van der Waals surface area contributed by atoms with Gasteiger partial charge in [0, 0.05) is 12.2 Å². The maximum Gasteiger partial charge on any atom is 0.274 e. The van der Waals surface area contributed by atoms with Gasteiger partial charge < -0.3 is 16.4 Å². The number of hydrogen-bond donors (Lipinski definition) is 3. The first-order valence-corrected chi connectivity index (χ1v) is 12.5. The monoisotopic (exact) mass is 481 g/mol. The predicted octanol–water partition coefficient (Wildman–Crippen LogP) is 5.62. The fourth-order valence-corrected chi connectivity index (χ4v) is 4.25. The lowest BCUT2D eigenvalue weighted by molar-refractivity contribution is 0.101. The van der Waals surface area contributed by atoms with Crippen LogP contribution in [0.4, 0.5) is 5.69 Å². The Morgan fingerprint density at radius 2 is 1.69 bits per heavy atom. The summed E-state index contributed by atoms with van der Waals surface area (Å²) in [5.74, 6) is 0.410. The first-order valence-electron chi connectivity index (χ1n) is 12.5. The number of carbonyl (C=O) groups is 1. The van der Waals surface area contributed by atoms with E-state index in [1.165, 1.54) is 5.56 Å². The summed E-state index contributed by atoms with van der Waals surface area (Å²) in [4.78, 5) is 13.4. The van der Waals surface area contributed by atoms with Crippen molar-refractivity contribution in [2.75, 3.05) is 11.9 Å². The van der Waals surface area contributed by atoms with Crippen molar-refractivity contribution in [1.82, 2.24) is 15.1 Å². The summed E-state index contributed by atoms with van der Waals surface area (Å²) in [5, 5.41) is 11.3. The van der Waals surface area contributed by atoms with Crippen LogP contribution in [0.3, 0.4) is 0 Å². The maximum atomic E-state index is 13.4. The number of carbonyl (C=O) groups excluding carboxylic acids is 1. The average molecular weight is 482 g/mol. The molecule has 186 valence electrons. The minimum absolute atomic E-state index is 0.0357. The van der Waals surface area contributed by atoms with Crippen LogP contribution in [-0.2, 0) is 6.54 Å². The van der Waals surface area contributed by atoms with Crippen LogP contribution >= 0.6 is 0 Å². The zero-order valence-corrected chi connectivity index (χ0v) is 21.2. The second-order valence-electron chi connectivity index (χ2n) is 9.52. The molecular weight excluding hydrogens is 446 g/mol. The van der Waals surface area contributed by atoms with E-state index < -0.39 is 0 Å². The predicted molar refractivity (Wildman–Crippen MR) is 146 cm³/mol. The molecule has 1 amide bonds. The van der Waals surface area contributed by atoms with Crippen LogP contribution in [0.5, 0.6) is 0 Å². The third kappa shape index (κ3) is 6.27. The van der Waals surface area contributed by atoms with Crippen LogP contribution < -0.4 is 16.4 Å². The number of aryl methyl sites for hydroxylation is 1. The van der Waals surface area contributed by atoms with Gasteiger partial charge in [-0.15, -0.1) is 0 Å². The lowest BCUT2D eigenvalue weighted by atomic mass is 9.97. The number of rotatable bonds is 10. The summed E-state index contributed by atoms with van der Waals surface area (Å²) in [6.07, 6.45) is 1.09. The summed E-state index contributed by atoms with van der Waals surface area (Å²) in [7, 11) is 0. The summed E-state index contributed by atoms with van der Waals surface area (Å²) in [6.45, 7) is 7.68. The number of nitrogens with zero attached hydrogens (tertiary/aromatic N) is 2. The minimum atomic E-state index is -0.213. The molecule has 1 heterocycles. The molecule has 0 aliphatic heterocycles. The SMILES string of the molecule is Cc1cc(C(=O)Nc2cccc(C(NCCC(C)C)c3ccccc3)c2)n(-c2cccc(CN)c2)n1. The third-order valence-corrected chi connectivity index (χ3v) is 6.14. The molecule has 0 saturated heterocycles. The number of nitrogens with one attached hydrogen (secondary N) is 2. The molecule has 4 rings (SSSR count). The van der Waals surface area contributed by atoms with Gasteiger partial charge in [-0.05, 0) is 72.8 Å². The molecule has 4 N–H and O–H groups in total. The second-order valence-corrected chi connectivity index (χ2v) is 9.52. The molecule has 4 aromatic rings. The number of anilines is 1. The fraction of sp³-hybridized carbons (Fsp3) is 0.267. The second kappa shape index (κ2) is 11.8. The van der Waals surface area contributed by atoms with Gasteiger partial charge in [0.05, 0.1) is 17.4 Å². The van der Waals surface area contributed by atoms with Crippen molar-refractivity contribution in [3.05, 3.63) is 113 Å². The molecule has 0 bridgehead atoms. The van der Waals surface area contributed by atoms with Crippen molar-refractivity contribution < 1.29 is 4.79 Å². The van der Waals surface area contributed by atoms with Gasteiger partial charge in [0.2, 0.25) is 0 Å². The third-order valence-electron chi connectivity index (χ3n) is 6.14.